The molecule has 0 saturated carbocycles. The lowest BCUT2D eigenvalue weighted by atomic mass is 9.92. The van der Waals surface area contributed by atoms with Gasteiger partial charge in [0.05, 0.1) is 17.7 Å². The molecular formula is C15H19F4NO. The van der Waals surface area contributed by atoms with E-state index in [0.717, 1.165) is 18.6 Å². The van der Waals surface area contributed by atoms with E-state index in [9.17, 15) is 17.6 Å². The Bertz CT molecular complexity index is 489. The van der Waals surface area contributed by atoms with E-state index in [1.54, 1.807) is 0 Å². The topological polar surface area (TPSA) is 21.3 Å². The highest BCUT2D eigenvalue weighted by molar-refractivity contribution is 5.29. The number of rotatable bonds is 4. The minimum absolute atomic E-state index is 0.152. The Morgan fingerprint density at radius 2 is 2.10 bits per heavy atom. The van der Waals surface area contributed by atoms with Crippen molar-refractivity contribution in [1.29, 1.82) is 0 Å². The largest absolute Gasteiger partial charge is 0.419 e. The molecule has 0 spiro atoms. The number of alkyl halides is 3. The molecule has 3 unspecified atom stereocenters. The van der Waals surface area contributed by atoms with Crippen LogP contribution < -0.4 is 5.32 Å². The van der Waals surface area contributed by atoms with Gasteiger partial charge in [0.1, 0.15) is 5.82 Å². The third kappa shape index (κ3) is 3.55. The second-order valence-electron chi connectivity index (χ2n) is 5.37. The maximum atomic E-state index is 13.7. The number of hydrogen-bond donors (Lipinski definition) is 1. The summed E-state index contributed by atoms with van der Waals surface area (Å²) in [5.74, 6) is -0.965. The molecule has 1 fully saturated rings. The van der Waals surface area contributed by atoms with Crippen molar-refractivity contribution < 1.29 is 22.3 Å². The summed E-state index contributed by atoms with van der Waals surface area (Å²) in [6.07, 6.45) is -3.93. The van der Waals surface area contributed by atoms with Crippen molar-refractivity contribution in [3.63, 3.8) is 0 Å². The predicted molar refractivity (Wildman–Crippen MR) is 71.3 cm³/mol. The Kier molecular flexibility index (Phi) is 4.88. The fraction of sp³-hybridized carbons (Fsp3) is 0.600. The van der Waals surface area contributed by atoms with Gasteiger partial charge < -0.3 is 10.1 Å². The summed E-state index contributed by atoms with van der Waals surface area (Å²) >= 11 is 0. The summed E-state index contributed by atoms with van der Waals surface area (Å²) in [6, 6.07) is 2.79. The molecule has 0 bridgehead atoms. The van der Waals surface area contributed by atoms with E-state index >= 15 is 0 Å². The van der Waals surface area contributed by atoms with Gasteiger partial charge in [-0.05, 0) is 36.6 Å². The summed E-state index contributed by atoms with van der Waals surface area (Å²) in [4.78, 5) is 0. The zero-order valence-electron chi connectivity index (χ0n) is 12.0. The second-order valence-corrected chi connectivity index (χ2v) is 5.37. The maximum absolute atomic E-state index is 13.7. The first-order chi connectivity index (χ1) is 9.84. The van der Waals surface area contributed by atoms with Crippen LogP contribution in [0, 0.1) is 11.7 Å². The first kappa shape index (κ1) is 16.2. The van der Waals surface area contributed by atoms with E-state index in [-0.39, 0.29) is 18.1 Å². The molecule has 0 aliphatic carbocycles. The van der Waals surface area contributed by atoms with Crippen LogP contribution in [0.2, 0.25) is 0 Å². The lowest BCUT2D eigenvalue weighted by Crippen LogP contribution is -2.34. The third-order valence-electron chi connectivity index (χ3n) is 3.85. The molecule has 118 valence electrons. The summed E-state index contributed by atoms with van der Waals surface area (Å²) < 4.78 is 57.2. The molecule has 1 aromatic carbocycles. The van der Waals surface area contributed by atoms with Crippen LogP contribution in [0.15, 0.2) is 18.2 Å². The molecule has 21 heavy (non-hydrogen) atoms. The Hall–Kier alpha value is -1.14. The van der Waals surface area contributed by atoms with Crippen LogP contribution in [0.25, 0.3) is 0 Å². The van der Waals surface area contributed by atoms with Gasteiger partial charge in [-0.2, -0.15) is 13.2 Å². The SMILES string of the molecule is CCNC(c1ccc(C(F)(F)F)c(F)c1)C1OCCC1C. The van der Waals surface area contributed by atoms with Crippen molar-refractivity contribution >= 4 is 0 Å². The van der Waals surface area contributed by atoms with Crippen molar-refractivity contribution in [2.24, 2.45) is 5.92 Å². The zero-order valence-corrected chi connectivity index (χ0v) is 12.0. The molecule has 0 radical (unpaired) electrons. The van der Waals surface area contributed by atoms with Gasteiger partial charge in [-0.15, -0.1) is 0 Å². The molecule has 1 saturated heterocycles. The highest BCUT2D eigenvalue weighted by atomic mass is 19.4. The van der Waals surface area contributed by atoms with Crippen molar-refractivity contribution in [3.8, 4) is 0 Å². The Balaban J connectivity index is 2.31. The highest BCUT2D eigenvalue weighted by Gasteiger charge is 2.36. The Morgan fingerprint density at radius 1 is 1.38 bits per heavy atom. The monoisotopic (exact) mass is 305 g/mol. The van der Waals surface area contributed by atoms with E-state index in [1.807, 2.05) is 13.8 Å². The first-order valence-electron chi connectivity index (χ1n) is 7.06. The van der Waals surface area contributed by atoms with Crippen LogP contribution in [-0.2, 0) is 10.9 Å². The molecule has 2 rings (SSSR count). The molecular weight excluding hydrogens is 286 g/mol. The minimum Gasteiger partial charge on any atom is -0.376 e. The molecule has 1 N–H and O–H groups in total. The van der Waals surface area contributed by atoms with Gasteiger partial charge in [-0.25, -0.2) is 4.39 Å². The highest BCUT2D eigenvalue weighted by Crippen LogP contribution is 2.35. The molecule has 1 aromatic rings. The van der Waals surface area contributed by atoms with Crippen LogP contribution >= 0.6 is 0 Å². The van der Waals surface area contributed by atoms with Gasteiger partial charge in [-0.3, -0.25) is 0 Å². The molecule has 6 heteroatoms. The second kappa shape index (κ2) is 6.32. The molecule has 0 aromatic heterocycles. The lowest BCUT2D eigenvalue weighted by Gasteiger charge is -2.27. The fourth-order valence-corrected chi connectivity index (χ4v) is 2.74. The predicted octanol–water partition coefficient (Wildman–Crippen LogP) is 3.92. The number of hydrogen-bond acceptors (Lipinski definition) is 2. The van der Waals surface area contributed by atoms with Gasteiger partial charge >= 0.3 is 6.18 Å². The number of likely N-dealkylation sites (N-methyl/N-ethyl adjacent to an activating group) is 1. The number of nitrogens with one attached hydrogen (secondary N) is 1. The van der Waals surface area contributed by atoms with E-state index in [2.05, 4.69) is 5.32 Å². The van der Waals surface area contributed by atoms with Gasteiger partial charge in [-0.1, -0.05) is 19.9 Å². The van der Waals surface area contributed by atoms with E-state index in [4.69, 9.17) is 4.74 Å². The molecule has 1 aliphatic heterocycles. The van der Waals surface area contributed by atoms with Crippen LogP contribution in [0.5, 0.6) is 0 Å². The normalized spacial score (nSPS) is 24.3. The Morgan fingerprint density at radius 3 is 2.57 bits per heavy atom. The average Bonchev–Trinajstić information content (AvgIpc) is 2.80. The smallest absolute Gasteiger partial charge is 0.376 e. The molecule has 1 heterocycles. The molecule has 1 aliphatic rings. The van der Waals surface area contributed by atoms with Crippen LogP contribution in [-0.4, -0.2) is 19.3 Å². The Labute approximate surface area is 121 Å². The zero-order chi connectivity index (χ0) is 15.6. The van der Waals surface area contributed by atoms with Crippen molar-refractivity contribution in [2.75, 3.05) is 13.2 Å². The van der Waals surface area contributed by atoms with Gasteiger partial charge in [0.15, 0.2) is 0 Å². The van der Waals surface area contributed by atoms with Gasteiger partial charge in [0.2, 0.25) is 0 Å². The summed E-state index contributed by atoms with van der Waals surface area (Å²) in [6.45, 7) is 5.17. The third-order valence-corrected chi connectivity index (χ3v) is 3.85. The molecule has 2 nitrogen and oxygen atoms in total. The maximum Gasteiger partial charge on any atom is 0.419 e. The summed E-state index contributed by atoms with van der Waals surface area (Å²) in [7, 11) is 0. The summed E-state index contributed by atoms with van der Waals surface area (Å²) in [5.41, 5.74) is -0.747. The van der Waals surface area contributed by atoms with Crippen LogP contribution in [0.1, 0.15) is 37.4 Å². The minimum atomic E-state index is -4.67. The van der Waals surface area contributed by atoms with E-state index in [1.165, 1.54) is 6.07 Å². The molecule has 3 atom stereocenters. The van der Waals surface area contributed by atoms with Gasteiger partial charge in [0, 0.05) is 6.61 Å². The van der Waals surface area contributed by atoms with Crippen molar-refractivity contribution in [1.82, 2.24) is 5.32 Å². The van der Waals surface area contributed by atoms with Crippen LogP contribution in [0.4, 0.5) is 17.6 Å². The van der Waals surface area contributed by atoms with Crippen molar-refractivity contribution in [2.45, 2.75) is 38.6 Å². The first-order valence-corrected chi connectivity index (χ1v) is 7.06. The standard InChI is InChI=1S/C15H19F4NO/c1-3-20-13(14-9(2)6-7-21-14)10-4-5-11(12(16)8-10)15(17,18)19/h4-5,8-9,13-14,20H,3,6-7H2,1-2H3. The van der Waals surface area contributed by atoms with E-state index < -0.39 is 17.6 Å². The molecule has 0 amide bonds. The van der Waals surface area contributed by atoms with Gasteiger partial charge in [0.25, 0.3) is 0 Å². The van der Waals surface area contributed by atoms with Crippen molar-refractivity contribution in [3.05, 3.63) is 35.1 Å². The van der Waals surface area contributed by atoms with E-state index in [0.29, 0.717) is 18.7 Å². The summed E-state index contributed by atoms with van der Waals surface area (Å²) in [5, 5.41) is 3.18. The number of ether oxygens (including phenoxy) is 1. The fourth-order valence-electron chi connectivity index (χ4n) is 2.74. The lowest BCUT2D eigenvalue weighted by molar-refractivity contribution is -0.140. The number of halogens is 4. The quantitative estimate of drug-likeness (QED) is 0.851. The van der Waals surface area contributed by atoms with Crippen LogP contribution in [0.3, 0.4) is 0 Å². The number of benzene rings is 1. The average molecular weight is 305 g/mol.